The van der Waals surface area contributed by atoms with Crippen molar-refractivity contribution in [2.45, 2.75) is 31.9 Å². The molecule has 0 saturated carbocycles. The van der Waals surface area contributed by atoms with E-state index >= 15 is 0 Å². The third-order valence-corrected chi connectivity index (χ3v) is 5.03. The Balaban J connectivity index is 1.85. The van der Waals surface area contributed by atoms with Crippen LogP contribution in [0.25, 0.3) is 16.5 Å². The number of urea groups is 1. The summed E-state index contributed by atoms with van der Waals surface area (Å²) in [7, 11) is 1.49. The summed E-state index contributed by atoms with van der Waals surface area (Å²) in [6.45, 7) is 0.483. The lowest BCUT2D eigenvalue weighted by atomic mass is 9.86. The summed E-state index contributed by atoms with van der Waals surface area (Å²) in [4.78, 5) is 27.8. The molecule has 0 fully saturated rings. The zero-order chi connectivity index (χ0) is 21.7. The average Bonchev–Trinajstić information content (AvgIpc) is 2.74. The molecule has 1 aromatic heterocycles. The van der Waals surface area contributed by atoms with Crippen molar-refractivity contribution in [2.24, 2.45) is 0 Å². The van der Waals surface area contributed by atoms with E-state index in [1.165, 1.54) is 13.2 Å². The Kier molecular flexibility index (Phi) is 6.59. The minimum absolute atomic E-state index is 0.0137. The maximum absolute atomic E-state index is 13.5. The van der Waals surface area contributed by atoms with Crippen molar-refractivity contribution in [1.82, 2.24) is 20.9 Å². The number of fused-ring (bicyclic) bond motifs is 1. The number of aromatic nitrogens is 1. The molecule has 0 radical (unpaired) electrons. The van der Waals surface area contributed by atoms with Crippen molar-refractivity contribution >= 4 is 28.4 Å². The molecule has 1 aromatic carbocycles. The Labute approximate surface area is 171 Å². The molecule has 3 amide bonds. The summed E-state index contributed by atoms with van der Waals surface area (Å²) in [6, 6.07) is 6.34. The second-order valence-electron chi connectivity index (χ2n) is 7.03. The molecule has 3 N–H and O–H groups in total. The van der Waals surface area contributed by atoms with Crippen LogP contribution >= 0.6 is 0 Å². The first kappa shape index (κ1) is 21.6. The van der Waals surface area contributed by atoms with Crippen LogP contribution in [0.2, 0.25) is 0 Å². The molecule has 0 spiro atoms. The first-order valence-corrected chi connectivity index (χ1v) is 9.73. The largest absolute Gasteiger partial charge is 0.412 e. The van der Waals surface area contributed by atoms with Crippen LogP contribution in [-0.2, 0) is 0 Å². The summed E-state index contributed by atoms with van der Waals surface area (Å²) in [5, 5.41) is 8.22. The van der Waals surface area contributed by atoms with Crippen LogP contribution in [0.3, 0.4) is 0 Å². The fourth-order valence-corrected chi connectivity index (χ4v) is 3.59. The van der Waals surface area contributed by atoms with Crippen LogP contribution in [0.5, 0.6) is 0 Å². The number of nitrogens with one attached hydrogen (secondary N) is 3. The van der Waals surface area contributed by atoms with Crippen LogP contribution in [0.1, 0.15) is 41.6 Å². The standard InChI is InChI=1S/C21H23F3N4O2/c1-25-20(30)27-10-9-26-19(29)14-11-13-5-4-7-16(18(13)28-12-14)15-6-2-3-8-17(15)21(22,23)24/h4-5,7,11-12H,2-3,6,8-10H2,1H3,(H,26,29)(H2,25,27,30). The predicted molar refractivity (Wildman–Crippen MR) is 108 cm³/mol. The molecular weight excluding hydrogens is 397 g/mol. The average molecular weight is 420 g/mol. The lowest BCUT2D eigenvalue weighted by molar-refractivity contribution is -0.0941. The van der Waals surface area contributed by atoms with E-state index < -0.39 is 11.7 Å². The smallest absolute Gasteiger partial charge is 0.350 e. The minimum Gasteiger partial charge on any atom is -0.350 e. The predicted octanol–water partition coefficient (Wildman–Crippen LogP) is 3.78. The van der Waals surface area contributed by atoms with E-state index in [-0.39, 0.29) is 31.4 Å². The fraction of sp³-hybridized carbons (Fsp3) is 0.381. The van der Waals surface area contributed by atoms with Gasteiger partial charge in [0.25, 0.3) is 5.91 Å². The number of rotatable bonds is 5. The molecule has 30 heavy (non-hydrogen) atoms. The summed E-state index contributed by atoms with van der Waals surface area (Å²) in [5.41, 5.74) is 1.04. The number of allylic oxidation sites excluding steroid dienone is 2. The molecule has 0 atom stereocenters. The zero-order valence-corrected chi connectivity index (χ0v) is 16.5. The topological polar surface area (TPSA) is 83.1 Å². The van der Waals surface area contributed by atoms with Gasteiger partial charge in [-0.3, -0.25) is 9.78 Å². The molecule has 0 bridgehead atoms. The monoisotopic (exact) mass is 420 g/mol. The van der Waals surface area contributed by atoms with Gasteiger partial charge >= 0.3 is 12.2 Å². The lowest BCUT2D eigenvalue weighted by Gasteiger charge is -2.23. The van der Waals surface area contributed by atoms with E-state index in [0.29, 0.717) is 46.9 Å². The number of halogens is 3. The number of pyridine rings is 1. The van der Waals surface area contributed by atoms with Gasteiger partial charge in [-0.1, -0.05) is 18.2 Å². The normalized spacial score (nSPS) is 14.5. The molecule has 9 heteroatoms. The van der Waals surface area contributed by atoms with Crippen LogP contribution in [0.4, 0.5) is 18.0 Å². The van der Waals surface area contributed by atoms with E-state index in [9.17, 15) is 22.8 Å². The molecular formula is C21H23F3N4O2. The Morgan fingerprint density at radius 1 is 1.10 bits per heavy atom. The molecule has 0 unspecified atom stereocenters. The molecule has 2 aromatic rings. The maximum atomic E-state index is 13.5. The van der Waals surface area contributed by atoms with Crippen molar-refractivity contribution in [3.8, 4) is 0 Å². The van der Waals surface area contributed by atoms with Crippen molar-refractivity contribution < 1.29 is 22.8 Å². The molecule has 0 saturated heterocycles. The number of hydrogen-bond donors (Lipinski definition) is 3. The van der Waals surface area contributed by atoms with E-state index in [0.717, 1.165) is 0 Å². The highest BCUT2D eigenvalue weighted by molar-refractivity contribution is 5.99. The van der Waals surface area contributed by atoms with Crippen molar-refractivity contribution in [3.63, 3.8) is 0 Å². The summed E-state index contributed by atoms with van der Waals surface area (Å²) in [6.07, 6.45) is -1.40. The fourth-order valence-electron chi connectivity index (χ4n) is 3.59. The minimum atomic E-state index is -4.36. The summed E-state index contributed by atoms with van der Waals surface area (Å²) < 4.78 is 40.5. The van der Waals surface area contributed by atoms with E-state index in [1.54, 1.807) is 24.3 Å². The number of alkyl halides is 3. The summed E-state index contributed by atoms with van der Waals surface area (Å²) >= 11 is 0. The van der Waals surface area contributed by atoms with Crippen molar-refractivity contribution in [2.75, 3.05) is 20.1 Å². The van der Waals surface area contributed by atoms with E-state index in [4.69, 9.17) is 0 Å². The van der Waals surface area contributed by atoms with Gasteiger partial charge in [0.05, 0.1) is 11.1 Å². The molecule has 1 aliphatic carbocycles. The van der Waals surface area contributed by atoms with Gasteiger partial charge in [0.1, 0.15) is 0 Å². The number of benzene rings is 1. The second kappa shape index (κ2) is 9.15. The van der Waals surface area contributed by atoms with Gasteiger partial charge in [-0.2, -0.15) is 13.2 Å². The Morgan fingerprint density at radius 3 is 2.57 bits per heavy atom. The van der Waals surface area contributed by atoms with Gasteiger partial charge in [0, 0.05) is 42.9 Å². The highest BCUT2D eigenvalue weighted by atomic mass is 19.4. The Bertz CT molecular complexity index is 986. The molecule has 0 aliphatic heterocycles. The highest BCUT2D eigenvalue weighted by Crippen LogP contribution is 2.42. The zero-order valence-electron chi connectivity index (χ0n) is 16.5. The van der Waals surface area contributed by atoms with Crippen LogP contribution in [0, 0.1) is 0 Å². The number of hydrogen-bond acceptors (Lipinski definition) is 3. The van der Waals surface area contributed by atoms with Gasteiger partial charge in [0.15, 0.2) is 0 Å². The Morgan fingerprint density at radius 2 is 1.83 bits per heavy atom. The van der Waals surface area contributed by atoms with Crippen molar-refractivity contribution in [3.05, 3.63) is 47.2 Å². The number of carbonyl (C=O) groups excluding carboxylic acids is 2. The second-order valence-corrected chi connectivity index (χ2v) is 7.03. The van der Waals surface area contributed by atoms with Gasteiger partial charge in [-0.15, -0.1) is 0 Å². The first-order chi connectivity index (χ1) is 14.3. The number of nitrogens with zero attached hydrogens (tertiary/aromatic N) is 1. The molecule has 3 rings (SSSR count). The van der Waals surface area contributed by atoms with Crippen LogP contribution in [-0.4, -0.2) is 43.2 Å². The third kappa shape index (κ3) is 4.90. The van der Waals surface area contributed by atoms with Gasteiger partial charge in [0.2, 0.25) is 0 Å². The van der Waals surface area contributed by atoms with Crippen LogP contribution < -0.4 is 16.0 Å². The summed E-state index contributed by atoms with van der Waals surface area (Å²) in [5.74, 6) is -0.374. The number of carbonyl (C=O) groups is 2. The Hall–Kier alpha value is -3.10. The van der Waals surface area contributed by atoms with Crippen molar-refractivity contribution in [1.29, 1.82) is 0 Å². The first-order valence-electron chi connectivity index (χ1n) is 9.73. The molecule has 1 heterocycles. The van der Waals surface area contributed by atoms with E-state index in [2.05, 4.69) is 20.9 Å². The molecule has 6 nitrogen and oxygen atoms in total. The maximum Gasteiger partial charge on any atom is 0.412 e. The highest BCUT2D eigenvalue weighted by Gasteiger charge is 2.37. The quantitative estimate of drug-likeness (QED) is 0.644. The molecule has 1 aliphatic rings. The van der Waals surface area contributed by atoms with Gasteiger partial charge < -0.3 is 16.0 Å². The van der Waals surface area contributed by atoms with E-state index in [1.807, 2.05) is 0 Å². The lowest BCUT2D eigenvalue weighted by Crippen LogP contribution is -2.38. The van der Waals surface area contributed by atoms with Gasteiger partial charge in [-0.25, -0.2) is 4.79 Å². The third-order valence-electron chi connectivity index (χ3n) is 5.03. The van der Waals surface area contributed by atoms with Gasteiger partial charge in [-0.05, 0) is 37.3 Å². The molecule has 160 valence electrons. The SMILES string of the molecule is CNC(=O)NCCNC(=O)c1cnc2c(C3=C(C(F)(F)F)CCCC3)cccc2c1. The number of para-hydroxylation sites is 1. The van der Waals surface area contributed by atoms with Crippen LogP contribution in [0.15, 0.2) is 36.0 Å². The number of amides is 3.